The number of rotatable bonds is 7. The van der Waals surface area contributed by atoms with Crippen molar-refractivity contribution in [1.82, 2.24) is 10.3 Å². The first-order valence-corrected chi connectivity index (χ1v) is 9.88. The Balaban J connectivity index is 1.45. The lowest BCUT2D eigenvalue weighted by atomic mass is 9.98. The van der Waals surface area contributed by atoms with Crippen LogP contribution in [0.1, 0.15) is 54.4 Å². The third kappa shape index (κ3) is 3.89. The molecular weight excluding hydrogens is 368 g/mol. The number of aromatic nitrogens is 1. The normalized spacial score (nSPS) is 13.6. The molecule has 0 bridgehead atoms. The molecule has 0 unspecified atom stereocenters. The van der Waals surface area contributed by atoms with Crippen molar-refractivity contribution in [3.8, 4) is 11.1 Å². The fourth-order valence-corrected chi connectivity index (χ4v) is 3.88. The van der Waals surface area contributed by atoms with Gasteiger partial charge in [-0.1, -0.05) is 61.9 Å². The zero-order valence-corrected chi connectivity index (χ0v) is 16.3. The third-order valence-corrected chi connectivity index (χ3v) is 5.24. The molecule has 0 saturated carbocycles. The quantitative estimate of drug-likeness (QED) is 0.616. The molecule has 6 nitrogen and oxygen atoms in total. The number of fused-ring (bicyclic) bond motifs is 3. The zero-order chi connectivity index (χ0) is 20.2. The van der Waals surface area contributed by atoms with E-state index in [9.17, 15) is 9.90 Å². The van der Waals surface area contributed by atoms with Crippen LogP contribution in [0.25, 0.3) is 11.1 Å². The summed E-state index contributed by atoms with van der Waals surface area (Å²) in [7, 11) is 0. The molecule has 150 valence electrons. The average molecular weight is 392 g/mol. The topological polar surface area (TPSA) is 84.6 Å². The Morgan fingerprint density at radius 2 is 1.83 bits per heavy atom. The van der Waals surface area contributed by atoms with E-state index in [4.69, 9.17) is 9.15 Å². The molecule has 29 heavy (non-hydrogen) atoms. The lowest BCUT2D eigenvalue weighted by molar-refractivity contribution is 0.136. The van der Waals surface area contributed by atoms with Crippen molar-refractivity contribution >= 4 is 6.09 Å². The number of carbonyl (C=O) groups is 1. The van der Waals surface area contributed by atoms with Gasteiger partial charge >= 0.3 is 6.09 Å². The summed E-state index contributed by atoms with van der Waals surface area (Å²) in [6, 6.07) is 16.1. The first-order valence-electron chi connectivity index (χ1n) is 9.88. The Labute approximate surface area is 169 Å². The largest absolute Gasteiger partial charge is 0.449 e. The van der Waals surface area contributed by atoms with Gasteiger partial charge in [0.25, 0.3) is 0 Å². The van der Waals surface area contributed by atoms with Gasteiger partial charge in [-0.05, 0) is 28.7 Å². The van der Waals surface area contributed by atoms with Gasteiger partial charge in [0.15, 0.2) is 0 Å². The maximum atomic E-state index is 12.5. The minimum atomic E-state index is -0.505. The van der Waals surface area contributed by atoms with E-state index in [0.717, 1.165) is 6.42 Å². The van der Waals surface area contributed by atoms with Gasteiger partial charge in [0.2, 0.25) is 5.89 Å². The van der Waals surface area contributed by atoms with Crippen LogP contribution < -0.4 is 5.32 Å². The number of nitrogens with one attached hydrogen (secondary N) is 1. The highest BCUT2D eigenvalue weighted by Crippen LogP contribution is 2.44. The minimum absolute atomic E-state index is 0.0144. The van der Waals surface area contributed by atoms with Crippen molar-refractivity contribution in [2.75, 3.05) is 6.61 Å². The molecule has 0 fully saturated rings. The first kappa shape index (κ1) is 19.2. The predicted octanol–water partition coefficient (Wildman–Crippen LogP) is 4.55. The zero-order valence-electron chi connectivity index (χ0n) is 16.3. The molecule has 0 aliphatic heterocycles. The van der Waals surface area contributed by atoms with Gasteiger partial charge in [0.05, 0.1) is 6.61 Å². The summed E-state index contributed by atoms with van der Waals surface area (Å²) in [5.41, 5.74) is 5.17. The van der Waals surface area contributed by atoms with E-state index >= 15 is 0 Å². The third-order valence-electron chi connectivity index (χ3n) is 5.24. The second-order valence-corrected chi connectivity index (χ2v) is 7.15. The molecule has 1 aliphatic rings. The summed E-state index contributed by atoms with van der Waals surface area (Å²) in [6.45, 7) is 2.07. The molecule has 3 aromatic rings. The van der Waals surface area contributed by atoms with E-state index < -0.39 is 12.1 Å². The van der Waals surface area contributed by atoms with Gasteiger partial charge in [-0.15, -0.1) is 0 Å². The Bertz CT molecular complexity index is 952. The van der Waals surface area contributed by atoms with Crippen molar-refractivity contribution in [3.63, 3.8) is 0 Å². The summed E-state index contributed by atoms with van der Waals surface area (Å²) in [5, 5.41) is 12.0. The average Bonchev–Trinajstić information content (AvgIpc) is 3.35. The molecule has 1 aliphatic carbocycles. The molecule has 0 radical (unpaired) electrons. The molecule has 1 atom stereocenters. The smallest absolute Gasteiger partial charge is 0.407 e. The second-order valence-electron chi connectivity index (χ2n) is 7.15. The van der Waals surface area contributed by atoms with E-state index in [2.05, 4.69) is 34.6 Å². The summed E-state index contributed by atoms with van der Waals surface area (Å²) in [5.74, 6) is 0.393. The van der Waals surface area contributed by atoms with Crippen LogP contribution in [0.3, 0.4) is 0 Å². The summed E-state index contributed by atoms with van der Waals surface area (Å²) in [4.78, 5) is 16.7. The number of oxazole rings is 1. The molecule has 0 spiro atoms. The predicted molar refractivity (Wildman–Crippen MR) is 108 cm³/mol. The van der Waals surface area contributed by atoms with E-state index in [0.29, 0.717) is 18.0 Å². The Morgan fingerprint density at radius 1 is 1.17 bits per heavy atom. The highest BCUT2D eigenvalue weighted by Gasteiger charge is 2.29. The molecule has 2 aromatic carbocycles. The number of alkyl carbamates (subject to hydrolysis) is 1. The van der Waals surface area contributed by atoms with Crippen LogP contribution in [0.2, 0.25) is 0 Å². The van der Waals surface area contributed by atoms with E-state index in [-0.39, 0.29) is 19.1 Å². The fourth-order valence-electron chi connectivity index (χ4n) is 3.88. The van der Waals surface area contributed by atoms with Gasteiger partial charge in [-0.25, -0.2) is 9.78 Å². The number of amides is 1. The van der Waals surface area contributed by atoms with Crippen LogP contribution in [0.5, 0.6) is 0 Å². The number of ether oxygens (including phenoxy) is 1. The van der Waals surface area contributed by atoms with E-state index in [1.54, 1.807) is 0 Å². The second kappa shape index (κ2) is 8.49. The number of benzene rings is 2. The van der Waals surface area contributed by atoms with Gasteiger partial charge in [-0.3, -0.25) is 0 Å². The number of hydrogen-bond acceptors (Lipinski definition) is 5. The Morgan fingerprint density at radius 3 is 2.41 bits per heavy atom. The SMILES string of the molecule is CCC[C@@H](NC(=O)OCC1c2ccccc2-c2ccccc21)c1nc(CO)co1. The number of hydrogen-bond donors (Lipinski definition) is 2. The van der Waals surface area contributed by atoms with Crippen molar-refractivity contribution in [3.05, 3.63) is 77.5 Å². The maximum absolute atomic E-state index is 12.5. The van der Waals surface area contributed by atoms with E-state index in [1.165, 1.54) is 28.5 Å². The van der Waals surface area contributed by atoms with Gasteiger partial charge < -0.3 is 19.6 Å². The lowest BCUT2D eigenvalue weighted by Gasteiger charge is -2.17. The monoisotopic (exact) mass is 392 g/mol. The van der Waals surface area contributed by atoms with E-state index in [1.807, 2.05) is 31.2 Å². The van der Waals surface area contributed by atoms with Crippen LogP contribution in [-0.2, 0) is 11.3 Å². The van der Waals surface area contributed by atoms with Crippen LogP contribution in [0.15, 0.2) is 59.2 Å². The fraction of sp³-hybridized carbons (Fsp3) is 0.304. The first-order chi connectivity index (χ1) is 14.2. The van der Waals surface area contributed by atoms with Crippen LogP contribution in [0, 0.1) is 0 Å². The highest BCUT2D eigenvalue weighted by atomic mass is 16.5. The Kier molecular flexibility index (Phi) is 5.62. The summed E-state index contributed by atoms with van der Waals surface area (Å²) in [6.07, 6.45) is 2.40. The van der Waals surface area contributed by atoms with Gasteiger partial charge in [0, 0.05) is 5.92 Å². The molecule has 2 N–H and O–H groups in total. The highest BCUT2D eigenvalue weighted by molar-refractivity contribution is 5.79. The van der Waals surface area contributed by atoms with Crippen molar-refractivity contribution < 1.29 is 19.1 Å². The molecule has 0 saturated heterocycles. The molecule has 1 amide bonds. The van der Waals surface area contributed by atoms with Crippen LogP contribution in [0.4, 0.5) is 4.79 Å². The van der Waals surface area contributed by atoms with Crippen molar-refractivity contribution in [2.45, 2.75) is 38.3 Å². The summed E-state index contributed by atoms with van der Waals surface area (Å²) >= 11 is 0. The summed E-state index contributed by atoms with van der Waals surface area (Å²) < 4.78 is 11.0. The molecule has 4 rings (SSSR count). The molecule has 6 heteroatoms. The van der Waals surface area contributed by atoms with Gasteiger partial charge in [-0.2, -0.15) is 0 Å². The number of carbonyl (C=O) groups excluding carboxylic acids is 1. The number of nitrogens with zero attached hydrogens (tertiary/aromatic N) is 1. The van der Waals surface area contributed by atoms with Gasteiger partial charge in [0.1, 0.15) is 24.6 Å². The molecular formula is C23H24N2O4. The molecule has 1 heterocycles. The van der Waals surface area contributed by atoms with Crippen LogP contribution in [-0.4, -0.2) is 22.8 Å². The number of aliphatic hydroxyl groups excluding tert-OH is 1. The van der Waals surface area contributed by atoms with Crippen LogP contribution >= 0.6 is 0 Å². The molecule has 1 aromatic heterocycles. The van der Waals surface area contributed by atoms with Crippen molar-refractivity contribution in [1.29, 1.82) is 0 Å². The Hall–Kier alpha value is -3.12. The number of aliphatic hydroxyl groups is 1. The van der Waals surface area contributed by atoms with Crippen molar-refractivity contribution in [2.24, 2.45) is 0 Å². The minimum Gasteiger partial charge on any atom is -0.449 e. The lowest BCUT2D eigenvalue weighted by Crippen LogP contribution is -2.30. The maximum Gasteiger partial charge on any atom is 0.407 e. The standard InChI is InChI=1S/C23H24N2O4/c1-2-7-21(22-24-15(12-26)13-28-22)25-23(27)29-14-20-18-10-5-3-8-16(18)17-9-4-6-11-19(17)20/h3-6,8-11,13,20-21,26H,2,7,12,14H2,1H3,(H,25,27)/t21-/m1/s1.